The van der Waals surface area contributed by atoms with Gasteiger partial charge in [-0.3, -0.25) is 0 Å². The molecule has 2 atom stereocenters. The van der Waals surface area contributed by atoms with E-state index in [4.69, 9.17) is 5.26 Å². The summed E-state index contributed by atoms with van der Waals surface area (Å²) in [5.74, 6) is 0.622. The predicted molar refractivity (Wildman–Crippen MR) is 86.3 cm³/mol. The molecule has 1 aliphatic rings. The molecule has 21 heavy (non-hydrogen) atoms. The van der Waals surface area contributed by atoms with E-state index in [1.807, 2.05) is 6.07 Å². The Morgan fingerprint density at radius 2 is 2.24 bits per heavy atom. The quantitative estimate of drug-likeness (QED) is 0.928. The van der Waals surface area contributed by atoms with Crippen molar-refractivity contribution in [2.45, 2.75) is 44.6 Å². The Kier molecular flexibility index (Phi) is 3.98. The van der Waals surface area contributed by atoms with Crippen LogP contribution in [-0.2, 0) is 7.05 Å². The van der Waals surface area contributed by atoms with Crippen LogP contribution in [0.2, 0.25) is 0 Å². The van der Waals surface area contributed by atoms with Crippen LogP contribution in [0, 0.1) is 11.3 Å². The zero-order valence-corrected chi connectivity index (χ0v) is 12.9. The summed E-state index contributed by atoms with van der Waals surface area (Å²) in [6, 6.07) is 8.95. The molecule has 0 radical (unpaired) electrons. The molecular formula is C18H23N3. The molecule has 3 rings (SSSR count). The van der Waals surface area contributed by atoms with Crippen LogP contribution in [0.25, 0.3) is 10.9 Å². The summed E-state index contributed by atoms with van der Waals surface area (Å²) in [6.07, 6.45) is 7.19. The minimum atomic E-state index is 0.622. The van der Waals surface area contributed by atoms with Crippen LogP contribution < -0.4 is 5.32 Å². The van der Waals surface area contributed by atoms with Gasteiger partial charge < -0.3 is 9.88 Å². The number of nitrogens with one attached hydrogen (secondary N) is 1. The summed E-state index contributed by atoms with van der Waals surface area (Å²) in [5, 5.41) is 14.0. The van der Waals surface area contributed by atoms with Crippen molar-refractivity contribution in [3.63, 3.8) is 0 Å². The molecule has 1 fully saturated rings. The molecule has 1 aliphatic carbocycles. The first-order valence-electron chi connectivity index (χ1n) is 7.95. The summed E-state index contributed by atoms with van der Waals surface area (Å²) < 4.78 is 2.19. The molecule has 0 saturated heterocycles. The standard InChI is InChI=1S/C18H23N3/c1-3-8-20-15-6-5-14(10-15)17-12-21(2)18-7-4-13(11-19)9-16(17)18/h4,7,9,12,14-15,20H,3,5-6,8,10H2,1-2H3. The number of nitriles is 1. The lowest BCUT2D eigenvalue weighted by Gasteiger charge is -2.12. The van der Waals surface area contributed by atoms with E-state index >= 15 is 0 Å². The van der Waals surface area contributed by atoms with Crippen LogP contribution in [0.5, 0.6) is 0 Å². The van der Waals surface area contributed by atoms with Crippen molar-refractivity contribution in [2.75, 3.05) is 6.54 Å². The van der Waals surface area contributed by atoms with Gasteiger partial charge in [0.15, 0.2) is 0 Å². The first kappa shape index (κ1) is 14.2. The molecule has 0 spiro atoms. The zero-order valence-electron chi connectivity index (χ0n) is 12.9. The number of rotatable bonds is 4. The minimum Gasteiger partial charge on any atom is -0.350 e. The Morgan fingerprint density at radius 3 is 3.00 bits per heavy atom. The fourth-order valence-corrected chi connectivity index (χ4v) is 3.62. The van der Waals surface area contributed by atoms with Gasteiger partial charge in [0.1, 0.15) is 0 Å². The summed E-state index contributed by atoms with van der Waals surface area (Å²) in [7, 11) is 2.10. The van der Waals surface area contributed by atoms with Gasteiger partial charge in [0, 0.05) is 30.2 Å². The monoisotopic (exact) mass is 281 g/mol. The zero-order chi connectivity index (χ0) is 14.8. The Labute approximate surface area is 126 Å². The number of hydrogen-bond donors (Lipinski definition) is 1. The van der Waals surface area contributed by atoms with Gasteiger partial charge in [-0.1, -0.05) is 6.92 Å². The maximum atomic E-state index is 9.13. The molecule has 0 aliphatic heterocycles. The SMILES string of the molecule is CCCNC1CCC(c2cn(C)c3ccc(C#N)cc23)C1. The van der Waals surface area contributed by atoms with Crippen LogP contribution in [0.15, 0.2) is 24.4 Å². The highest BCUT2D eigenvalue weighted by Crippen LogP contribution is 2.38. The predicted octanol–water partition coefficient (Wildman–Crippen LogP) is 3.69. The Balaban J connectivity index is 1.89. The Bertz CT molecular complexity index is 678. The van der Waals surface area contributed by atoms with Crippen molar-refractivity contribution in [1.29, 1.82) is 5.26 Å². The van der Waals surface area contributed by atoms with Crippen molar-refractivity contribution >= 4 is 10.9 Å². The van der Waals surface area contributed by atoms with Gasteiger partial charge in [0.05, 0.1) is 11.6 Å². The van der Waals surface area contributed by atoms with E-state index in [-0.39, 0.29) is 0 Å². The fourth-order valence-electron chi connectivity index (χ4n) is 3.62. The number of hydrogen-bond acceptors (Lipinski definition) is 2. The molecule has 0 amide bonds. The van der Waals surface area contributed by atoms with E-state index in [0.29, 0.717) is 12.0 Å². The lowest BCUT2D eigenvalue weighted by Crippen LogP contribution is -2.26. The second-order valence-electron chi connectivity index (χ2n) is 6.20. The molecule has 110 valence electrons. The smallest absolute Gasteiger partial charge is 0.0991 e. The van der Waals surface area contributed by atoms with Crippen LogP contribution in [0.4, 0.5) is 0 Å². The first-order chi connectivity index (χ1) is 10.2. The second kappa shape index (κ2) is 5.91. The molecule has 1 heterocycles. The van der Waals surface area contributed by atoms with Crippen molar-refractivity contribution < 1.29 is 0 Å². The first-order valence-corrected chi connectivity index (χ1v) is 7.95. The van der Waals surface area contributed by atoms with Gasteiger partial charge in [-0.25, -0.2) is 0 Å². The van der Waals surface area contributed by atoms with E-state index in [1.54, 1.807) is 0 Å². The summed E-state index contributed by atoms with van der Waals surface area (Å²) in [6.45, 7) is 3.33. The topological polar surface area (TPSA) is 40.8 Å². The van der Waals surface area contributed by atoms with E-state index in [2.05, 4.69) is 48.3 Å². The fraction of sp³-hybridized carbons (Fsp3) is 0.500. The van der Waals surface area contributed by atoms with Crippen molar-refractivity contribution in [1.82, 2.24) is 9.88 Å². The summed E-state index contributed by atoms with van der Waals surface area (Å²) in [4.78, 5) is 0. The number of fused-ring (bicyclic) bond motifs is 1. The molecule has 1 saturated carbocycles. The van der Waals surface area contributed by atoms with Gasteiger partial charge in [0.2, 0.25) is 0 Å². The van der Waals surface area contributed by atoms with E-state index in [9.17, 15) is 0 Å². The molecular weight excluding hydrogens is 258 g/mol. The molecule has 1 N–H and O–H groups in total. The highest BCUT2D eigenvalue weighted by Gasteiger charge is 2.27. The Morgan fingerprint density at radius 1 is 1.38 bits per heavy atom. The third kappa shape index (κ3) is 2.69. The highest BCUT2D eigenvalue weighted by atomic mass is 14.9. The Hall–Kier alpha value is -1.79. The van der Waals surface area contributed by atoms with Gasteiger partial charge in [-0.2, -0.15) is 5.26 Å². The molecule has 2 aromatic rings. The van der Waals surface area contributed by atoms with E-state index in [0.717, 1.165) is 12.1 Å². The maximum Gasteiger partial charge on any atom is 0.0991 e. The molecule has 3 heteroatoms. The lowest BCUT2D eigenvalue weighted by atomic mass is 9.96. The molecule has 1 aromatic heterocycles. The van der Waals surface area contributed by atoms with Gasteiger partial charge in [-0.05, 0) is 61.9 Å². The normalized spacial score (nSPS) is 21.8. The van der Waals surface area contributed by atoms with Crippen LogP contribution >= 0.6 is 0 Å². The second-order valence-corrected chi connectivity index (χ2v) is 6.20. The third-order valence-corrected chi connectivity index (χ3v) is 4.70. The number of benzene rings is 1. The number of aromatic nitrogens is 1. The van der Waals surface area contributed by atoms with Gasteiger partial charge in [0.25, 0.3) is 0 Å². The summed E-state index contributed by atoms with van der Waals surface area (Å²) >= 11 is 0. The van der Waals surface area contributed by atoms with Gasteiger partial charge >= 0.3 is 0 Å². The largest absolute Gasteiger partial charge is 0.350 e. The minimum absolute atomic E-state index is 0.622. The average molecular weight is 281 g/mol. The third-order valence-electron chi connectivity index (χ3n) is 4.70. The van der Waals surface area contributed by atoms with Gasteiger partial charge in [-0.15, -0.1) is 0 Å². The van der Waals surface area contributed by atoms with Crippen molar-refractivity contribution in [3.8, 4) is 6.07 Å². The van der Waals surface area contributed by atoms with Crippen molar-refractivity contribution in [2.24, 2.45) is 7.05 Å². The maximum absolute atomic E-state index is 9.13. The number of aryl methyl sites for hydroxylation is 1. The molecule has 1 aromatic carbocycles. The summed E-state index contributed by atoms with van der Waals surface area (Å²) in [5.41, 5.74) is 3.41. The average Bonchev–Trinajstić information content (AvgIpc) is 3.09. The molecule has 0 bridgehead atoms. The van der Waals surface area contributed by atoms with Crippen LogP contribution in [0.1, 0.15) is 49.7 Å². The lowest BCUT2D eigenvalue weighted by molar-refractivity contribution is 0.517. The molecule has 3 nitrogen and oxygen atoms in total. The van der Waals surface area contributed by atoms with E-state index < -0.39 is 0 Å². The van der Waals surface area contributed by atoms with Crippen LogP contribution in [-0.4, -0.2) is 17.2 Å². The molecule has 2 unspecified atom stereocenters. The highest BCUT2D eigenvalue weighted by molar-refractivity contribution is 5.85. The van der Waals surface area contributed by atoms with Crippen molar-refractivity contribution in [3.05, 3.63) is 35.5 Å². The number of nitrogens with zero attached hydrogens (tertiary/aromatic N) is 2. The van der Waals surface area contributed by atoms with E-state index in [1.165, 1.54) is 42.1 Å². The van der Waals surface area contributed by atoms with Crippen LogP contribution in [0.3, 0.4) is 0 Å².